The van der Waals surface area contributed by atoms with Crippen LogP contribution in [0.5, 0.6) is 0 Å². The van der Waals surface area contributed by atoms with Crippen molar-refractivity contribution in [2.75, 3.05) is 26.8 Å². The Hall–Kier alpha value is -0.840. The Kier molecular flexibility index (Phi) is 3.65. The van der Waals surface area contributed by atoms with E-state index in [0.717, 1.165) is 50.6 Å². The zero-order valence-electron chi connectivity index (χ0n) is 11.9. The highest BCUT2D eigenvalue weighted by molar-refractivity contribution is 5.06. The van der Waals surface area contributed by atoms with E-state index in [1.807, 2.05) is 13.0 Å². The van der Waals surface area contributed by atoms with Crippen LogP contribution in [0, 0.1) is 6.92 Å². The smallest absolute Gasteiger partial charge is 0.118 e. The molecule has 106 valence electrons. The molecule has 2 aliphatic rings. The second kappa shape index (κ2) is 5.27. The highest BCUT2D eigenvalue weighted by Crippen LogP contribution is 2.36. The lowest BCUT2D eigenvalue weighted by atomic mass is 9.89. The number of furan rings is 1. The monoisotopic (exact) mass is 265 g/mol. The van der Waals surface area contributed by atoms with Crippen LogP contribution in [-0.2, 0) is 16.0 Å². The molecule has 1 aromatic heterocycles. The maximum Gasteiger partial charge on any atom is 0.118 e. The second-order valence-electron chi connectivity index (χ2n) is 5.88. The molecule has 0 saturated carbocycles. The minimum Gasteiger partial charge on any atom is -0.465 e. The molecule has 3 rings (SSSR count). The number of nitrogens with zero attached hydrogens (tertiary/aromatic N) is 1. The average Bonchev–Trinajstić information content (AvgIpc) is 2.97. The first kappa shape index (κ1) is 13.2. The Morgan fingerprint density at radius 1 is 1.47 bits per heavy atom. The van der Waals surface area contributed by atoms with Crippen LogP contribution in [0.25, 0.3) is 0 Å². The van der Waals surface area contributed by atoms with Gasteiger partial charge in [0.05, 0.1) is 24.9 Å². The van der Waals surface area contributed by atoms with Crippen LogP contribution in [0.4, 0.5) is 0 Å². The van der Waals surface area contributed by atoms with Crippen molar-refractivity contribution in [2.45, 2.75) is 44.4 Å². The fraction of sp³-hybridized carbons (Fsp3) is 0.733. The Morgan fingerprint density at radius 3 is 3.05 bits per heavy atom. The summed E-state index contributed by atoms with van der Waals surface area (Å²) >= 11 is 0. The van der Waals surface area contributed by atoms with E-state index in [1.54, 1.807) is 7.11 Å². The van der Waals surface area contributed by atoms with Crippen molar-refractivity contribution in [1.82, 2.24) is 4.90 Å². The van der Waals surface area contributed by atoms with E-state index in [0.29, 0.717) is 0 Å². The zero-order valence-corrected chi connectivity index (χ0v) is 11.9. The van der Waals surface area contributed by atoms with Gasteiger partial charge in [-0.25, -0.2) is 0 Å². The molecule has 0 amide bonds. The molecule has 0 aliphatic carbocycles. The number of ether oxygens (including phenoxy) is 2. The average molecular weight is 265 g/mol. The first-order chi connectivity index (χ1) is 9.19. The molecular formula is C15H23NO3. The molecule has 0 radical (unpaired) electrons. The summed E-state index contributed by atoms with van der Waals surface area (Å²) in [4.78, 5) is 2.44. The second-order valence-corrected chi connectivity index (χ2v) is 5.88. The summed E-state index contributed by atoms with van der Waals surface area (Å²) in [5.41, 5.74) is 0.0144. The molecule has 0 unspecified atom stereocenters. The third kappa shape index (κ3) is 2.86. The van der Waals surface area contributed by atoms with Crippen molar-refractivity contribution >= 4 is 0 Å². The highest BCUT2D eigenvalue weighted by Gasteiger charge is 2.43. The minimum absolute atomic E-state index is 0.0144. The molecule has 19 heavy (non-hydrogen) atoms. The van der Waals surface area contributed by atoms with E-state index in [4.69, 9.17) is 13.9 Å². The van der Waals surface area contributed by atoms with Crippen LogP contribution in [0.3, 0.4) is 0 Å². The van der Waals surface area contributed by atoms with E-state index in [9.17, 15) is 0 Å². The van der Waals surface area contributed by atoms with Gasteiger partial charge in [-0.15, -0.1) is 0 Å². The summed E-state index contributed by atoms with van der Waals surface area (Å²) in [6, 6.07) is 4.10. The van der Waals surface area contributed by atoms with Crippen molar-refractivity contribution < 1.29 is 13.9 Å². The molecule has 2 atom stereocenters. The molecule has 2 fully saturated rings. The van der Waals surface area contributed by atoms with Gasteiger partial charge in [-0.3, -0.25) is 4.90 Å². The molecular weight excluding hydrogens is 242 g/mol. The Labute approximate surface area is 114 Å². The van der Waals surface area contributed by atoms with Crippen LogP contribution in [0.15, 0.2) is 16.5 Å². The number of likely N-dealkylation sites (tertiary alicyclic amines) is 1. The number of piperidine rings is 1. The fourth-order valence-corrected chi connectivity index (χ4v) is 3.35. The number of aryl methyl sites for hydroxylation is 1. The van der Waals surface area contributed by atoms with Crippen molar-refractivity contribution in [3.05, 3.63) is 23.7 Å². The van der Waals surface area contributed by atoms with Crippen LogP contribution in [0.1, 0.15) is 30.8 Å². The van der Waals surface area contributed by atoms with Crippen molar-refractivity contribution in [3.8, 4) is 0 Å². The predicted molar refractivity (Wildman–Crippen MR) is 72.1 cm³/mol. The van der Waals surface area contributed by atoms with Gasteiger partial charge in [0, 0.05) is 20.1 Å². The van der Waals surface area contributed by atoms with Gasteiger partial charge in [0.2, 0.25) is 0 Å². The van der Waals surface area contributed by atoms with E-state index in [-0.39, 0.29) is 11.7 Å². The first-order valence-corrected chi connectivity index (χ1v) is 7.14. The number of rotatable bonds is 3. The molecule has 0 N–H and O–H groups in total. The first-order valence-electron chi connectivity index (χ1n) is 7.14. The normalized spacial score (nSPS) is 32.2. The lowest BCUT2D eigenvalue weighted by Gasteiger charge is -2.39. The molecule has 2 aliphatic heterocycles. The van der Waals surface area contributed by atoms with Crippen molar-refractivity contribution in [2.24, 2.45) is 0 Å². The topological polar surface area (TPSA) is 34.8 Å². The van der Waals surface area contributed by atoms with Gasteiger partial charge >= 0.3 is 0 Å². The summed E-state index contributed by atoms with van der Waals surface area (Å²) in [5.74, 6) is 2.04. The molecule has 4 heteroatoms. The van der Waals surface area contributed by atoms with Gasteiger partial charge in [-0.2, -0.15) is 0 Å². The van der Waals surface area contributed by atoms with Gasteiger partial charge < -0.3 is 13.9 Å². The number of methoxy groups -OCH3 is 1. The molecule has 0 bridgehead atoms. The molecule has 2 saturated heterocycles. The highest BCUT2D eigenvalue weighted by atomic mass is 16.6. The van der Waals surface area contributed by atoms with E-state index in [2.05, 4.69) is 11.0 Å². The Bertz CT molecular complexity index is 431. The zero-order chi connectivity index (χ0) is 13.3. The molecule has 3 heterocycles. The Balaban J connectivity index is 1.62. The van der Waals surface area contributed by atoms with Crippen LogP contribution in [0.2, 0.25) is 0 Å². The largest absolute Gasteiger partial charge is 0.465 e. The lowest BCUT2D eigenvalue weighted by molar-refractivity contribution is -0.0553. The third-order valence-corrected chi connectivity index (χ3v) is 4.30. The van der Waals surface area contributed by atoms with Crippen molar-refractivity contribution in [1.29, 1.82) is 0 Å². The summed E-state index contributed by atoms with van der Waals surface area (Å²) in [6.07, 6.45) is 3.64. The lowest BCUT2D eigenvalue weighted by Crippen LogP contribution is -2.47. The number of hydrogen-bond donors (Lipinski definition) is 0. The van der Waals surface area contributed by atoms with Gasteiger partial charge in [-0.05, 0) is 38.4 Å². The van der Waals surface area contributed by atoms with Gasteiger partial charge in [-0.1, -0.05) is 0 Å². The number of hydrogen-bond acceptors (Lipinski definition) is 4. The molecule has 4 nitrogen and oxygen atoms in total. The molecule has 0 aromatic carbocycles. The SMILES string of the molecule is CO[C@@H]1CO[C@@]2(CCCN(Cc3ccc(C)o3)C2)C1. The standard InChI is InChI=1S/C15H23NO3/c1-12-4-5-13(19-12)9-16-7-3-6-15(11-16)8-14(17-2)10-18-15/h4-5,14H,3,6-11H2,1-2H3/t14-,15-/m0/s1. The van der Waals surface area contributed by atoms with E-state index >= 15 is 0 Å². The van der Waals surface area contributed by atoms with Crippen molar-refractivity contribution in [3.63, 3.8) is 0 Å². The van der Waals surface area contributed by atoms with Gasteiger partial charge in [0.15, 0.2) is 0 Å². The van der Waals surface area contributed by atoms with Crippen LogP contribution < -0.4 is 0 Å². The van der Waals surface area contributed by atoms with E-state index in [1.165, 1.54) is 6.42 Å². The van der Waals surface area contributed by atoms with Crippen LogP contribution in [-0.4, -0.2) is 43.4 Å². The minimum atomic E-state index is 0.0144. The molecule has 1 spiro atoms. The fourth-order valence-electron chi connectivity index (χ4n) is 3.35. The van der Waals surface area contributed by atoms with E-state index < -0.39 is 0 Å². The predicted octanol–water partition coefficient (Wildman–Crippen LogP) is 2.36. The van der Waals surface area contributed by atoms with Crippen LogP contribution >= 0.6 is 0 Å². The summed E-state index contributed by atoms with van der Waals surface area (Å²) in [5, 5.41) is 0. The Morgan fingerprint density at radius 2 is 2.37 bits per heavy atom. The quantitative estimate of drug-likeness (QED) is 0.840. The molecule has 1 aromatic rings. The van der Waals surface area contributed by atoms with Gasteiger partial charge in [0.25, 0.3) is 0 Å². The third-order valence-electron chi connectivity index (χ3n) is 4.30. The van der Waals surface area contributed by atoms with Gasteiger partial charge in [0.1, 0.15) is 11.5 Å². The summed E-state index contributed by atoms with van der Waals surface area (Å²) < 4.78 is 17.2. The maximum atomic E-state index is 6.06. The maximum absolute atomic E-state index is 6.06. The summed E-state index contributed by atoms with van der Waals surface area (Å²) in [6.45, 7) is 5.74. The summed E-state index contributed by atoms with van der Waals surface area (Å²) in [7, 11) is 1.78.